The van der Waals surface area contributed by atoms with Crippen LogP contribution in [0.5, 0.6) is 11.5 Å². The fourth-order valence-electron chi connectivity index (χ4n) is 6.00. The fourth-order valence-corrected chi connectivity index (χ4v) is 6.00. The first-order valence-electron chi connectivity index (χ1n) is 17.0. The number of anilines is 2. The summed E-state index contributed by atoms with van der Waals surface area (Å²) in [6.45, 7) is 5.77. The average Bonchev–Trinajstić information content (AvgIpc) is 3.55. The standard InChI is InChI=1S/C37H46N8O6/c1-24-15-16-28(30(22-24)51-21-7-5-6-14-33(46)45-19-17-43(2)18-20-45)44(3)37(48)26-11-9-13-29(50-4)35(26)41-36(47)25-10-8-12-27-34(25)40-32(39-27)23-31(38)42-49/h8-13,15-16,22,49H,5-7,14,17-21,23H2,1-4H3,(H2,38,42)(H,39,40)(H,41,47). The number of hydrogen-bond donors (Lipinski definition) is 4. The highest BCUT2D eigenvalue weighted by Crippen LogP contribution is 2.34. The Labute approximate surface area is 297 Å². The van der Waals surface area contributed by atoms with Gasteiger partial charge in [0.2, 0.25) is 5.91 Å². The number of methoxy groups -OCH3 is 1. The zero-order valence-electron chi connectivity index (χ0n) is 29.6. The van der Waals surface area contributed by atoms with Gasteiger partial charge < -0.3 is 45.4 Å². The molecule has 0 spiro atoms. The largest absolute Gasteiger partial charge is 0.495 e. The molecule has 14 heteroatoms. The van der Waals surface area contributed by atoms with E-state index in [4.69, 9.17) is 20.4 Å². The number of likely N-dealkylation sites (N-methyl/N-ethyl adjacent to an activating group) is 1. The molecule has 1 saturated heterocycles. The molecule has 0 aliphatic carbocycles. The number of H-pyrrole nitrogens is 1. The maximum atomic E-state index is 14.1. The quantitative estimate of drug-likeness (QED) is 0.0488. The Balaban J connectivity index is 1.27. The van der Waals surface area contributed by atoms with Crippen LogP contribution < -0.4 is 25.4 Å². The molecular formula is C37H46N8O6. The third-order valence-corrected chi connectivity index (χ3v) is 8.93. The number of ether oxygens (including phenoxy) is 2. The number of nitrogens with one attached hydrogen (secondary N) is 2. The molecule has 0 saturated carbocycles. The lowest BCUT2D eigenvalue weighted by molar-refractivity contribution is -0.132. The fraction of sp³-hybridized carbons (Fsp3) is 0.378. The maximum Gasteiger partial charge on any atom is 0.260 e. The number of oxime groups is 1. The number of carbonyl (C=O) groups excluding carboxylic acids is 3. The van der Waals surface area contributed by atoms with E-state index < -0.39 is 5.91 Å². The predicted molar refractivity (Wildman–Crippen MR) is 196 cm³/mol. The summed E-state index contributed by atoms with van der Waals surface area (Å²) < 4.78 is 11.8. The summed E-state index contributed by atoms with van der Waals surface area (Å²) in [6.07, 6.45) is 3.00. The number of piperazine rings is 1. The summed E-state index contributed by atoms with van der Waals surface area (Å²) >= 11 is 0. The van der Waals surface area contributed by atoms with Gasteiger partial charge in [-0.05, 0) is 75.2 Å². The van der Waals surface area contributed by atoms with E-state index in [1.807, 2.05) is 30.0 Å². The van der Waals surface area contributed by atoms with Gasteiger partial charge >= 0.3 is 0 Å². The van der Waals surface area contributed by atoms with Crippen LogP contribution in [0.2, 0.25) is 0 Å². The van der Waals surface area contributed by atoms with Gasteiger partial charge in [-0.2, -0.15) is 0 Å². The van der Waals surface area contributed by atoms with Gasteiger partial charge in [0.1, 0.15) is 28.7 Å². The monoisotopic (exact) mass is 698 g/mol. The molecule has 3 aromatic carbocycles. The number of unbranched alkanes of at least 4 members (excludes halogenated alkanes) is 2. The zero-order valence-corrected chi connectivity index (χ0v) is 29.6. The molecule has 0 unspecified atom stereocenters. The number of benzene rings is 3. The molecule has 14 nitrogen and oxygen atoms in total. The van der Waals surface area contributed by atoms with Crippen LogP contribution >= 0.6 is 0 Å². The van der Waals surface area contributed by atoms with Gasteiger partial charge in [-0.25, -0.2) is 4.98 Å². The van der Waals surface area contributed by atoms with Crippen LogP contribution in [0, 0.1) is 6.92 Å². The number of imidazole rings is 1. The second-order valence-electron chi connectivity index (χ2n) is 12.7. The number of hydrogen-bond acceptors (Lipinski definition) is 9. The minimum atomic E-state index is -0.506. The summed E-state index contributed by atoms with van der Waals surface area (Å²) in [5.41, 5.74) is 8.84. The number of aromatic amines is 1. The molecule has 1 aromatic heterocycles. The van der Waals surface area contributed by atoms with Crippen LogP contribution in [0.25, 0.3) is 11.0 Å². The van der Waals surface area contributed by atoms with Crippen molar-refractivity contribution in [1.82, 2.24) is 19.8 Å². The second kappa shape index (κ2) is 16.9. The molecule has 1 aliphatic heterocycles. The van der Waals surface area contributed by atoms with Crippen LogP contribution in [0.1, 0.15) is 57.8 Å². The number of aryl methyl sites for hydroxylation is 1. The zero-order chi connectivity index (χ0) is 36.5. The van der Waals surface area contributed by atoms with Crippen LogP contribution in [-0.2, 0) is 11.2 Å². The molecule has 5 N–H and O–H groups in total. The number of carbonyl (C=O) groups is 3. The van der Waals surface area contributed by atoms with Crippen LogP contribution in [-0.4, -0.2) is 103 Å². The molecule has 3 amide bonds. The average molecular weight is 699 g/mol. The van der Waals surface area contributed by atoms with Gasteiger partial charge in [-0.15, -0.1) is 0 Å². The Morgan fingerprint density at radius 1 is 1.02 bits per heavy atom. The minimum Gasteiger partial charge on any atom is -0.495 e. The third kappa shape index (κ3) is 8.94. The SMILES string of the molecule is COc1cccc(C(=O)N(C)c2ccc(C)cc2OCCCCCC(=O)N2CCN(C)CC2)c1NC(=O)c1cccc2[nH]c(CC(N)=NO)nc12. The summed E-state index contributed by atoms with van der Waals surface area (Å²) in [5.74, 6) is 0.557. The first kappa shape index (κ1) is 36.6. The smallest absolute Gasteiger partial charge is 0.260 e. The van der Waals surface area contributed by atoms with Crippen molar-refractivity contribution in [3.63, 3.8) is 0 Å². The van der Waals surface area contributed by atoms with E-state index >= 15 is 0 Å². The van der Waals surface area contributed by atoms with Gasteiger partial charge in [0.05, 0.1) is 48.2 Å². The third-order valence-electron chi connectivity index (χ3n) is 8.93. The minimum absolute atomic E-state index is 0.0339. The summed E-state index contributed by atoms with van der Waals surface area (Å²) in [7, 11) is 5.19. The van der Waals surface area contributed by atoms with E-state index in [0.717, 1.165) is 51.0 Å². The van der Waals surface area contributed by atoms with Crippen molar-refractivity contribution in [2.24, 2.45) is 10.9 Å². The number of nitrogens with two attached hydrogens (primary N) is 1. The van der Waals surface area contributed by atoms with E-state index in [0.29, 0.717) is 47.1 Å². The Hall–Kier alpha value is -5.63. The molecule has 51 heavy (non-hydrogen) atoms. The normalized spacial score (nSPS) is 13.6. The highest BCUT2D eigenvalue weighted by atomic mass is 16.5. The van der Waals surface area contributed by atoms with Crippen molar-refractivity contribution < 1.29 is 29.1 Å². The first-order chi connectivity index (χ1) is 24.6. The van der Waals surface area contributed by atoms with E-state index in [1.54, 1.807) is 43.4 Å². The Kier molecular flexibility index (Phi) is 12.1. The Bertz CT molecular complexity index is 1900. The molecule has 1 fully saturated rings. The summed E-state index contributed by atoms with van der Waals surface area (Å²) in [5, 5.41) is 14.8. The van der Waals surface area contributed by atoms with Crippen molar-refractivity contribution in [3.8, 4) is 11.5 Å². The van der Waals surface area contributed by atoms with Crippen LogP contribution in [0.15, 0.2) is 59.8 Å². The molecule has 2 heterocycles. The lowest BCUT2D eigenvalue weighted by atomic mass is 10.1. The predicted octanol–water partition coefficient (Wildman–Crippen LogP) is 4.41. The lowest BCUT2D eigenvalue weighted by Gasteiger charge is -2.32. The maximum absolute atomic E-state index is 14.1. The number of fused-ring (bicyclic) bond motifs is 1. The Morgan fingerprint density at radius 2 is 1.76 bits per heavy atom. The second-order valence-corrected chi connectivity index (χ2v) is 12.7. The van der Waals surface area contributed by atoms with Gasteiger partial charge in [0, 0.05) is 39.6 Å². The molecule has 0 atom stereocenters. The van der Waals surface area contributed by atoms with Gasteiger partial charge in [0.15, 0.2) is 0 Å². The molecule has 4 aromatic rings. The van der Waals surface area contributed by atoms with E-state index in [2.05, 4.69) is 32.4 Å². The number of amidine groups is 1. The van der Waals surface area contributed by atoms with E-state index in [-0.39, 0.29) is 40.9 Å². The molecule has 5 rings (SSSR count). The summed E-state index contributed by atoms with van der Waals surface area (Å²) in [6, 6.07) is 15.7. The first-order valence-corrected chi connectivity index (χ1v) is 17.0. The number of rotatable bonds is 14. The van der Waals surface area contributed by atoms with Crippen molar-refractivity contribution >= 4 is 46.0 Å². The van der Waals surface area contributed by atoms with Crippen molar-refractivity contribution in [3.05, 3.63) is 77.1 Å². The number of para-hydroxylation sites is 2. The van der Waals surface area contributed by atoms with Crippen molar-refractivity contribution in [1.29, 1.82) is 0 Å². The van der Waals surface area contributed by atoms with Crippen molar-refractivity contribution in [2.75, 3.05) is 64.2 Å². The van der Waals surface area contributed by atoms with Gasteiger partial charge in [0.25, 0.3) is 11.8 Å². The van der Waals surface area contributed by atoms with Crippen molar-refractivity contribution in [2.45, 2.75) is 39.0 Å². The van der Waals surface area contributed by atoms with E-state index in [1.165, 1.54) is 12.0 Å². The lowest BCUT2D eigenvalue weighted by Crippen LogP contribution is -2.47. The Morgan fingerprint density at radius 3 is 2.51 bits per heavy atom. The molecule has 1 aliphatic rings. The number of nitrogens with zero attached hydrogens (tertiary/aromatic N) is 5. The van der Waals surface area contributed by atoms with Crippen LogP contribution in [0.3, 0.4) is 0 Å². The molecule has 0 bridgehead atoms. The van der Waals surface area contributed by atoms with Crippen LogP contribution in [0.4, 0.5) is 11.4 Å². The van der Waals surface area contributed by atoms with Gasteiger partial charge in [-0.1, -0.05) is 23.4 Å². The molecule has 270 valence electrons. The molecular weight excluding hydrogens is 652 g/mol. The topological polar surface area (TPSA) is 179 Å². The van der Waals surface area contributed by atoms with Gasteiger partial charge in [-0.3, -0.25) is 14.4 Å². The van der Waals surface area contributed by atoms with E-state index in [9.17, 15) is 14.4 Å². The highest BCUT2D eigenvalue weighted by Gasteiger charge is 2.25. The highest BCUT2D eigenvalue weighted by molar-refractivity contribution is 6.17. The summed E-state index contributed by atoms with van der Waals surface area (Å²) in [4.78, 5) is 53.7. The number of aromatic nitrogens is 2. The number of amides is 3. The molecule has 0 radical (unpaired) electrons.